The largest absolute Gasteiger partial charge is 0.507 e. The number of aryl methyl sites for hydroxylation is 1. The van der Waals surface area contributed by atoms with Gasteiger partial charge in [-0.05, 0) is 59.1 Å². The normalized spacial score (nSPS) is 39.4. The number of phenols is 1. The molecule has 0 aromatic heterocycles. The van der Waals surface area contributed by atoms with Gasteiger partial charge in [-0.1, -0.05) is 54.5 Å². The zero-order chi connectivity index (χ0) is 28.0. The molecular weight excluding hydrogens is 474 g/mol. The Hall–Kier alpha value is -2.29. The summed E-state index contributed by atoms with van der Waals surface area (Å²) in [5.74, 6) is -6.62. The molecule has 37 heavy (non-hydrogen) atoms. The van der Waals surface area contributed by atoms with E-state index in [1.54, 1.807) is 6.92 Å². The van der Waals surface area contributed by atoms with Crippen LogP contribution in [0.4, 0.5) is 0 Å². The van der Waals surface area contributed by atoms with Crippen molar-refractivity contribution in [1.29, 1.82) is 0 Å². The van der Waals surface area contributed by atoms with E-state index >= 15 is 0 Å². The third kappa shape index (κ3) is 3.41. The smallest absolute Gasteiger partial charge is 0.230 e. The summed E-state index contributed by atoms with van der Waals surface area (Å²) < 4.78 is 0. The predicted molar refractivity (Wildman–Crippen MR) is 137 cm³/mol. The quantitative estimate of drug-likeness (QED) is 0.385. The van der Waals surface area contributed by atoms with Gasteiger partial charge in [-0.25, -0.2) is 0 Å². The predicted octanol–water partition coefficient (Wildman–Crippen LogP) is 2.26. The molecule has 2 unspecified atom stereocenters. The molecular formula is C29H41NO7. The molecule has 4 rings (SSSR count). The van der Waals surface area contributed by atoms with Crippen LogP contribution in [0.25, 0.3) is 0 Å². The minimum Gasteiger partial charge on any atom is -0.507 e. The van der Waals surface area contributed by atoms with Crippen molar-refractivity contribution in [2.45, 2.75) is 91.5 Å². The average molecular weight is 516 g/mol. The minimum atomic E-state index is -2.49. The SMILES string of the molecule is CCc1cc(C(C)C)c2c(c1O)C(=O)[C@@H]1C(O)[C@@]3(O)C(=O)[C@H](C(N)=O)C(O)[C@H](C(C)C)[C@@]3(C)C[C@@]1(C)C2. The number of ketones is 2. The molecule has 8 atom stereocenters. The third-order valence-corrected chi connectivity index (χ3v) is 9.90. The zero-order valence-corrected chi connectivity index (χ0v) is 22.8. The Balaban J connectivity index is 2.00. The van der Waals surface area contributed by atoms with Gasteiger partial charge in [-0.15, -0.1) is 0 Å². The number of aliphatic hydroxyl groups excluding tert-OH is 2. The van der Waals surface area contributed by atoms with Gasteiger partial charge in [0.1, 0.15) is 17.8 Å². The third-order valence-electron chi connectivity index (χ3n) is 9.90. The number of hydrogen-bond donors (Lipinski definition) is 5. The lowest BCUT2D eigenvalue weighted by Gasteiger charge is -2.66. The first-order chi connectivity index (χ1) is 17.0. The summed E-state index contributed by atoms with van der Waals surface area (Å²) in [6.45, 7) is 13.1. The number of primary amides is 1. The fraction of sp³-hybridized carbons (Fsp3) is 0.690. The molecule has 0 aliphatic heterocycles. The van der Waals surface area contributed by atoms with Gasteiger partial charge in [0, 0.05) is 5.41 Å². The van der Waals surface area contributed by atoms with Crippen LogP contribution in [0.2, 0.25) is 0 Å². The lowest BCUT2D eigenvalue weighted by atomic mass is 9.39. The van der Waals surface area contributed by atoms with Gasteiger partial charge in [-0.2, -0.15) is 0 Å². The van der Waals surface area contributed by atoms with Crippen LogP contribution < -0.4 is 5.73 Å². The summed E-state index contributed by atoms with van der Waals surface area (Å²) in [5, 5.41) is 46.3. The van der Waals surface area contributed by atoms with Gasteiger partial charge in [-0.3, -0.25) is 14.4 Å². The number of nitrogens with two attached hydrogens (primary N) is 1. The lowest BCUT2D eigenvalue weighted by Crippen LogP contribution is -2.79. The van der Waals surface area contributed by atoms with E-state index in [0.29, 0.717) is 18.4 Å². The Kier molecular flexibility index (Phi) is 6.46. The fourth-order valence-electron chi connectivity index (χ4n) is 8.47. The maximum atomic E-state index is 14.2. The van der Waals surface area contributed by atoms with E-state index in [-0.39, 0.29) is 29.6 Å². The minimum absolute atomic E-state index is 0.0754. The molecule has 0 radical (unpaired) electrons. The Morgan fingerprint density at radius 3 is 2.24 bits per heavy atom. The highest BCUT2D eigenvalue weighted by Gasteiger charge is 2.75. The van der Waals surface area contributed by atoms with Crippen molar-refractivity contribution >= 4 is 17.5 Å². The van der Waals surface area contributed by atoms with Crippen molar-refractivity contribution in [1.82, 2.24) is 0 Å². The molecule has 8 heteroatoms. The summed E-state index contributed by atoms with van der Waals surface area (Å²) >= 11 is 0. The van der Waals surface area contributed by atoms with Crippen LogP contribution >= 0.6 is 0 Å². The number of carbonyl (C=O) groups excluding carboxylic acids is 3. The van der Waals surface area contributed by atoms with Crippen molar-refractivity contribution in [2.24, 2.45) is 40.2 Å². The second-order valence-electron chi connectivity index (χ2n) is 12.8. The molecule has 1 amide bonds. The lowest BCUT2D eigenvalue weighted by molar-refractivity contribution is -0.265. The molecule has 0 bridgehead atoms. The summed E-state index contributed by atoms with van der Waals surface area (Å²) in [4.78, 5) is 40.2. The average Bonchev–Trinajstić information content (AvgIpc) is 2.75. The van der Waals surface area contributed by atoms with Crippen LogP contribution in [0.5, 0.6) is 5.75 Å². The number of benzene rings is 1. The van der Waals surface area contributed by atoms with Crippen molar-refractivity contribution in [3.05, 3.63) is 28.3 Å². The summed E-state index contributed by atoms with van der Waals surface area (Å²) in [7, 11) is 0. The van der Waals surface area contributed by atoms with E-state index in [1.165, 1.54) is 0 Å². The molecule has 2 saturated carbocycles. The Morgan fingerprint density at radius 1 is 1.16 bits per heavy atom. The second-order valence-corrected chi connectivity index (χ2v) is 12.8. The topological polar surface area (TPSA) is 158 Å². The van der Waals surface area contributed by atoms with E-state index in [0.717, 1.165) is 11.1 Å². The van der Waals surface area contributed by atoms with Gasteiger partial charge in [0.05, 0.1) is 17.6 Å². The van der Waals surface area contributed by atoms with Crippen LogP contribution in [0.1, 0.15) is 87.9 Å². The number of amides is 1. The van der Waals surface area contributed by atoms with Gasteiger partial charge in [0.25, 0.3) is 0 Å². The van der Waals surface area contributed by atoms with Crippen molar-refractivity contribution in [3.8, 4) is 5.75 Å². The Labute approximate surface area is 218 Å². The van der Waals surface area contributed by atoms with Crippen LogP contribution in [0, 0.1) is 34.5 Å². The van der Waals surface area contributed by atoms with Crippen LogP contribution in [0.3, 0.4) is 0 Å². The summed E-state index contributed by atoms with van der Waals surface area (Å²) in [6.07, 6.45) is -2.29. The van der Waals surface area contributed by atoms with E-state index in [2.05, 4.69) is 0 Å². The van der Waals surface area contributed by atoms with Gasteiger partial charge >= 0.3 is 0 Å². The van der Waals surface area contributed by atoms with Crippen molar-refractivity contribution < 1.29 is 34.8 Å². The molecule has 0 saturated heterocycles. The molecule has 2 fully saturated rings. The molecule has 1 aromatic carbocycles. The van der Waals surface area contributed by atoms with E-state index < -0.39 is 63.9 Å². The molecule has 3 aliphatic rings. The second kappa shape index (κ2) is 8.61. The number of phenolic OH excluding ortho intramolecular Hbond substituents is 1. The maximum Gasteiger partial charge on any atom is 0.230 e. The van der Waals surface area contributed by atoms with Crippen molar-refractivity contribution in [2.75, 3.05) is 0 Å². The fourth-order valence-corrected chi connectivity index (χ4v) is 8.47. The van der Waals surface area contributed by atoms with E-state index in [1.807, 2.05) is 47.6 Å². The number of hydrogen-bond acceptors (Lipinski definition) is 7. The highest BCUT2D eigenvalue weighted by Crippen LogP contribution is 2.66. The van der Waals surface area contributed by atoms with E-state index in [9.17, 15) is 34.8 Å². The monoisotopic (exact) mass is 515 g/mol. The molecule has 204 valence electrons. The molecule has 3 aliphatic carbocycles. The first kappa shape index (κ1) is 27.7. The molecule has 0 spiro atoms. The molecule has 0 heterocycles. The number of fused-ring (bicyclic) bond motifs is 3. The number of aromatic hydroxyl groups is 1. The zero-order valence-electron chi connectivity index (χ0n) is 22.8. The highest BCUT2D eigenvalue weighted by molar-refractivity contribution is 6.09. The summed E-state index contributed by atoms with van der Waals surface area (Å²) in [6, 6.07) is 1.94. The van der Waals surface area contributed by atoms with E-state index in [4.69, 9.17) is 5.73 Å². The molecule has 8 nitrogen and oxygen atoms in total. The Morgan fingerprint density at radius 2 is 1.76 bits per heavy atom. The molecule has 1 aromatic rings. The maximum absolute atomic E-state index is 14.2. The van der Waals surface area contributed by atoms with Crippen LogP contribution in [-0.4, -0.2) is 55.7 Å². The van der Waals surface area contributed by atoms with Gasteiger partial charge in [0.15, 0.2) is 17.2 Å². The van der Waals surface area contributed by atoms with Crippen LogP contribution in [0.15, 0.2) is 6.07 Å². The first-order valence-corrected chi connectivity index (χ1v) is 13.3. The summed E-state index contributed by atoms with van der Waals surface area (Å²) in [5.41, 5.74) is 3.23. The number of carbonyl (C=O) groups is 3. The Bertz CT molecular complexity index is 1180. The number of aliphatic hydroxyl groups is 3. The first-order valence-electron chi connectivity index (χ1n) is 13.3. The van der Waals surface area contributed by atoms with Gasteiger partial charge in [0.2, 0.25) is 5.91 Å². The highest BCUT2D eigenvalue weighted by atomic mass is 16.4. The van der Waals surface area contributed by atoms with Crippen molar-refractivity contribution in [3.63, 3.8) is 0 Å². The van der Waals surface area contributed by atoms with Gasteiger partial charge < -0.3 is 26.2 Å². The standard InChI is InChI=1S/C29H41NO7/c1-8-14-9-15(12(2)3)16-10-27(6)11-28(7)19(13(4)5)23(33)18(26(30)36)24(34)29(28,37)25(35)20(27)22(32)17(16)21(14)31/h9,12-13,18-20,23,25,31,33,35,37H,8,10-11H2,1-7H3,(H2,30,36)/t18-,19+,20-,23?,25?,27-,28-,29+/m1/s1. The van der Waals surface area contributed by atoms with Crippen LogP contribution in [-0.2, 0) is 22.4 Å². The molecule has 6 N–H and O–H groups in total. The number of rotatable bonds is 4. The number of Topliss-reactive ketones (excluding diaryl/α,β-unsaturated/α-hetero) is 2.